The van der Waals surface area contributed by atoms with E-state index in [1.807, 2.05) is 6.92 Å². The maximum absolute atomic E-state index is 7.37. The third kappa shape index (κ3) is 2.20. The molecule has 1 aromatic heterocycles. The van der Waals surface area contributed by atoms with Gasteiger partial charge in [-0.05, 0) is 19.1 Å². The molecule has 0 aliphatic rings. The number of hydrogen-bond donors (Lipinski definition) is 1. The summed E-state index contributed by atoms with van der Waals surface area (Å²) in [6, 6.07) is 3.54. The maximum Gasteiger partial charge on any atom is 0.223 e. The van der Waals surface area contributed by atoms with Crippen molar-refractivity contribution in [3.63, 3.8) is 0 Å². The van der Waals surface area contributed by atoms with Crippen LogP contribution in [0.2, 0.25) is 4.34 Å². The predicted molar refractivity (Wildman–Crippen MR) is 47.8 cm³/mol. The van der Waals surface area contributed by atoms with Crippen LogP contribution in [0.4, 0.5) is 0 Å². The van der Waals surface area contributed by atoms with E-state index in [0.29, 0.717) is 10.9 Å². The van der Waals surface area contributed by atoms with Gasteiger partial charge in [0.05, 0.1) is 15.8 Å². The number of halogens is 1. The van der Waals surface area contributed by atoms with Crippen LogP contribution in [0.25, 0.3) is 0 Å². The van der Waals surface area contributed by atoms with Crippen LogP contribution in [0.3, 0.4) is 0 Å². The van der Waals surface area contributed by atoms with E-state index in [-0.39, 0.29) is 5.90 Å². The summed E-state index contributed by atoms with van der Waals surface area (Å²) in [6.45, 7) is 2.37. The molecule has 0 amide bonds. The number of nitrogens with one attached hydrogen (secondary N) is 1. The molecule has 60 valence electrons. The lowest BCUT2D eigenvalue weighted by atomic mass is 10.5. The van der Waals surface area contributed by atoms with Crippen molar-refractivity contribution in [3.05, 3.63) is 21.3 Å². The third-order valence-electron chi connectivity index (χ3n) is 1.09. The summed E-state index contributed by atoms with van der Waals surface area (Å²) in [6.07, 6.45) is 0. The zero-order valence-electron chi connectivity index (χ0n) is 6.06. The van der Waals surface area contributed by atoms with Gasteiger partial charge in [0.25, 0.3) is 0 Å². The summed E-state index contributed by atoms with van der Waals surface area (Å²) in [7, 11) is 0. The molecule has 0 spiro atoms. The Morgan fingerprint density at radius 2 is 2.45 bits per heavy atom. The molecule has 0 fully saturated rings. The highest BCUT2D eigenvalue weighted by atomic mass is 35.5. The maximum atomic E-state index is 7.37. The molecule has 1 heterocycles. The van der Waals surface area contributed by atoms with Gasteiger partial charge in [-0.15, -0.1) is 11.3 Å². The third-order valence-corrected chi connectivity index (χ3v) is 2.32. The summed E-state index contributed by atoms with van der Waals surface area (Å²) < 4.78 is 5.66. The molecule has 0 unspecified atom stereocenters. The fraction of sp³-hybridized carbons (Fsp3) is 0.286. The topological polar surface area (TPSA) is 33.1 Å². The molecule has 0 bridgehead atoms. The Hall–Kier alpha value is -0.540. The zero-order chi connectivity index (χ0) is 8.27. The van der Waals surface area contributed by atoms with Crippen LogP contribution in [-0.2, 0) is 4.74 Å². The summed E-state index contributed by atoms with van der Waals surface area (Å²) >= 11 is 7.02. The van der Waals surface area contributed by atoms with E-state index < -0.39 is 0 Å². The average Bonchev–Trinajstić information content (AvgIpc) is 2.36. The molecule has 0 aliphatic heterocycles. The fourth-order valence-electron chi connectivity index (χ4n) is 0.652. The van der Waals surface area contributed by atoms with Gasteiger partial charge < -0.3 is 4.74 Å². The Balaban J connectivity index is 2.69. The lowest BCUT2D eigenvalue weighted by Gasteiger charge is -1.99. The van der Waals surface area contributed by atoms with Crippen molar-refractivity contribution in [1.29, 1.82) is 5.41 Å². The van der Waals surface area contributed by atoms with Gasteiger partial charge in [0.1, 0.15) is 0 Å². The lowest BCUT2D eigenvalue weighted by molar-refractivity contribution is 0.326. The molecule has 1 N–H and O–H groups in total. The molecular formula is C7H8ClNOS. The van der Waals surface area contributed by atoms with E-state index in [0.717, 1.165) is 4.88 Å². The van der Waals surface area contributed by atoms with Crippen LogP contribution < -0.4 is 0 Å². The van der Waals surface area contributed by atoms with Gasteiger partial charge in [0.15, 0.2) is 0 Å². The Labute approximate surface area is 74.3 Å². The molecule has 0 aliphatic carbocycles. The summed E-state index contributed by atoms with van der Waals surface area (Å²) in [5.41, 5.74) is 0. The predicted octanol–water partition coefficient (Wildman–Crippen LogP) is 2.76. The number of hydrogen-bond acceptors (Lipinski definition) is 3. The minimum absolute atomic E-state index is 0.199. The summed E-state index contributed by atoms with van der Waals surface area (Å²) in [5, 5.41) is 7.37. The van der Waals surface area contributed by atoms with Crippen LogP contribution in [0, 0.1) is 5.41 Å². The highest BCUT2D eigenvalue weighted by molar-refractivity contribution is 7.17. The minimum Gasteiger partial charge on any atom is -0.477 e. The second-order valence-corrected chi connectivity index (χ2v) is 3.58. The summed E-state index contributed by atoms with van der Waals surface area (Å²) in [4.78, 5) is 0.775. The molecule has 1 aromatic rings. The van der Waals surface area contributed by atoms with Gasteiger partial charge in [0, 0.05) is 0 Å². The molecular weight excluding hydrogens is 182 g/mol. The van der Waals surface area contributed by atoms with Crippen LogP contribution >= 0.6 is 22.9 Å². The van der Waals surface area contributed by atoms with Gasteiger partial charge in [-0.25, -0.2) is 0 Å². The second kappa shape index (κ2) is 3.74. The van der Waals surface area contributed by atoms with Gasteiger partial charge >= 0.3 is 0 Å². The molecule has 11 heavy (non-hydrogen) atoms. The van der Waals surface area contributed by atoms with Crippen molar-refractivity contribution in [2.24, 2.45) is 0 Å². The molecule has 0 aromatic carbocycles. The first-order chi connectivity index (χ1) is 5.24. The summed E-state index contributed by atoms with van der Waals surface area (Å²) in [5.74, 6) is 0.199. The van der Waals surface area contributed by atoms with Crippen molar-refractivity contribution in [2.45, 2.75) is 6.92 Å². The highest BCUT2D eigenvalue weighted by Crippen LogP contribution is 2.21. The van der Waals surface area contributed by atoms with Gasteiger partial charge in [-0.3, -0.25) is 5.41 Å². The first-order valence-electron chi connectivity index (χ1n) is 3.21. The average molecular weight is 190 g/mol. The molecule has 0 radical (unpaired) electrons. The van der Waals surface area contributed by atoms with Crippen LogP contribution in [0.1, 0.15) is 11.8 Å². The second-order valence-electron chi connectivity index (χ2n) is 1.87. The molecule has 0 atom stereocenters. The standard InChI is InChI=1S/C7H8ClNOS/c1-2-10-7(9)5-3-4-6(8)11-5/h3-4,9H,2H2,1H3. The Morgan fingerprint density at radius 1 is 1.73 bits per heavy atom. The van der Waals surface area contributed by atoms with E-state index in [9.17, 15) is 0 Å². The fourth-order valence-corrected chi connectivity index (χ4v) is 1.60. The van der Waals surface area contributed by atoms with Gasteiger partial charge in [-0.2, -0.15) is 0 Å². The monoisotopic (exact) mass is 189 g/mol. The van der Waals surface area contributed by atoms with Crippen molar-refractivity contribution in [3.8, 4) is 0 Å². The lowest BCUT2D eigenvalue weighted by Crippen LogP contribution is -2.01. The Morgan fingerprint density at radius 3 is 2.91 bits per heavy atom. The van der Waals surface area contributed by atoms with Crippen LogP contribution in [-0.4, -0.2) is 12.5 Å². The van der Waals surface area contributed by atoms with Gasteiger partial charge in [0.2, 0.25) is 5.90 Å². The first-order valence-corrected chi connectivity index (χ1v) is 4.40. The largest absolute Gasteiger partial charge is 0.477 e. The van der Waals surface area contributed by atoms with Gasteiger partial charge in [-0.1, -0.05) is 11.6 Å². The van der Waals surface area contributed by atoms with E-state index in [1.54, 1.807) is 12.1 Å². The quantitative estimate of drug-likeness (QED) is 0.563. The van der Waals surface area contributed by atoms with Crippen molar-refractivity contribution < 1.29 is 4.74 Å². The minimum atomic E-state index is 0.199. The molecule has 2 nitrogen and oxygen atoms in total. The van der Waals surface area contributed by atoms with E-state index in [2.05, 4.69) is 0 Å². The van der Waals surface area contributed by atoms with Crippen molar-refractivity contribution >= 4 is 28.8 Å². The normalized spacial score (nSPS) is 9.64. The SMILES string of the molecule is CCOC(=N)c1ccc(Cl)s1. The molecule has 0 saturated heterocycles. The first kappa shape index (κ1) is 8.56. The number of rotatable bonds is 2. The van der Waals surface area contributed by atoms with Crippen molar-refractivity contribution in [1.82, 2.24) is 0 Å². The van der Waals surface area contributed by atoms with Crippen LogP contribution in [0.15, 0.2) is 12.1 Å². The number of thiophene rings is 1. The molecule has 0 saturated carbocycles. The van der Waals surface area contributed by atoms with E-state index >= 15 is 0 Å². The van der Waals surface area contributed by atoms with E-state index in [1.165, 1.54) is 11.3 Å². The molecule has 1 rings (SSSR count). The highest BCUT2D eigenvalue weighted by Gasteiger charge is 2.03. The smallest absolute Gasteiger partial charge is 0.223 e. The Bertz CT molecular complexity index is 259. The van der Waals surface area contributed by atoms with E-state index in [4.69, 9.17) is 21.7 Å². The zero-order valence-corrected chi connectivity index (χ0v) is 7.63. The molecule has 4 heteroatoms. The van der Waals surface area contributed by atoms with Crippen LogP contribution in [0.5, 0.6) is 0 Å². The van der Waals surface area contributed by atoms with Crippen molar-refractivity contribution in [2.75, 3.05) is 6.61 Å². The number of ether oxygens (including phenoxy) is 1. The Kier molecular flexibility index (Phi) is 2.91.